The van der Waals surface area contributed by atoms with Crippen LogP contribution >= 0.6 is 0 Å². The Labute approximate surface area is 170 Å². The molecule has 5 heteroatoms. The van der Waals surface area contributed by atoms with Gasteiger partial charge in [-0.3, -0.25) is 4.79 Å². The number of methoxy groups -OCH3 is 2. The summed E-state index contributed by atoms with van der Waals surface area (Å²) in [5.74, 6) is 0.814. The minimum atomic E-state index is -0.439. The molecule has 29 heavy (non-hydrogen) atoms. The maximum Gasteiger partial charge on any atom is 0.262 e. The maximum absolute atomic E-state index is 12.8. The Bertz CT molecular complexity index is 1090. The molecule has 0 spiro atoms. The summed E-state index contributed by atoms with van der Waals surface area (Å²) in [6.07, 6.45) is 1.56. The van der Waals surface area contributed by atoms with E-state index < -0.39 is 5.91 Å². The second-order valence-corrected chi connectivity index (χ2v) is 6.54. The predicted molar refractivity (Wildman–Crippen MR) is 114 cm³/mol. The Morgan fingerprint density at radius 2 is 1.79 bits per heavy atom. The van der Waals surface area contributed by atoms with Crippen LogP contribution in [0.4, 0.5) is 0 Å². The molecule has 0 aliphatic heterocycles. The van der Waals surface area contributed by atoms with Crippen molar-refractivity contribution in [3.63, 3.8) is 0 Å². The molecular formula is C24H22N2O3. The van der Waals surface area contributed by atoms with E-state index in [-0.39, 0.29) is 11.6 Å². The highest BCUT2D eigenvalue weighted by Crippen LogP contribution is 2.32. The SMILES string of the molecule is COc1ccc2ccc(OC)c(/C=C(/C#N)C(=O)N[C@@H](C)c3ccccc3)c2c1. The van der Waals surface area contributed by atoms with Gasteiger partial charge in [0.1, 0.15) is 23.1 Å². The van der Waals surface area contributed by atoms with Crippen molar-refractivity contribution in [1.29, 1.82) is 5.26 Å². The number of nitrogens with one attached hydrogen (secondary N) is 1. The van der Waals surface area contributed by atoms with Gasteiger partial charge in [-0.2, -0.15) is 5.26 Å². The third-order valence-corrected chi connectivity index (χ3v) is 4.75. The van der Waals surface area contributed by atoms with Crippen LogP contribution in [0.15, 0.2) is 66.2 Å². The van der Waals surface area contributed by atoms with Gasteiger partial charge in [-0.05, 0) is 47.5 Å². The molecule has 0 saturated carbocycles. The molecule has 1 amide bonds. The fourth-order valence-electron chi connectivity index (χ4n) is 3.15. The lowest BCUT2D eigenvalue weighted by Gasteiger charge is -2.14. The number of hydrogen-bond acceptors (Lipinski definition) is 4. The highest BCUT2D eigenvalue weighted by molar-refractivity contribution is 6.05. The first-order chi connectivity index (χ1) is 14.1. The van der Waals surface area contributed by atoms with Gasteiger partial charge in [-0.15, -0.1) is 0 Å². The summed E-state index contributed by atoms with van der Waals surface area (Å²) in [5, 5.41) is 14.3. The average Bonchev–Trinajstić information content (AvgIpc) is 2.77. The fourth-order valence-corrected chi connectivity index (χ4v) is 3.15. The first-order valence-corrected chi connectivity index (χ1v) is 9.19. The number of hydrogen-bond donors (Lipinski definition) is 1. The number of nitriles is 1. The van der Waals surface area contributed by atoms with Crippen molar-refractivity contribution in [3.8, 4) is 17.6 Å². The highest BCUT2D eigenvalue weighted by atomic mass is 16.5. The molecule has 3 aromatic rings. The van der Waals surface area contributed by atoms with E-state index in [0.717, 1.165) is 16.3 Å². The van der Waals surface area contributed by atoms with Crippen molar-refractivity contribution < 1.29 is 14.3 Å². The molecular weight excluding hydrogens is 364 g/mol. The van der Waals surface area contributed by atoms with Crippen molar-refractivity contribution in [1.82, 2.24) is 5.32 Å². The van der Waals surface area contributed by atoms with Gasteiger partial charge in [0.25, 0.3) is 5.91 Å². The van der Waals surface area contributed by atoms with Gasteiger partial charge >= 0.3 is 0 Å². The van der Waals surface area contributed by atoms with E-state index in [2.05, 4.69) is 5.32 Å². The Kier molecular flexibility index (Phi) is 6.16. The molecule has 3 rings (SSSR count). The van der Waals surface area contributed by atoms with E-state index >= 15 is 0 Å². The molecule has 0 heterocycles. The van der Waals surface area contributed by atoms with E-state index in [0.29, 0.717) is 17.1 Å². The molecule has 0 saturated heterocycles. The Morgan fingerprint density at radius 3 is 2.45 bits per heavy atom. The second-order valence-electron chi connectivity index (χ2n) is 6.54. The number of carbonyl (C=O) groups is 1. The topological polar surface area (TPSA) is 71.3 Å². The van der Waals surface area contributed by atoms with Crippen LogP contribution in [0, 0.1) is 11.3 Å². The normalized spacial score (nSPS) is 12.1. The maximum atomic E-state index is 12.8. The van der Waals surface area contributed by atoms with Crippen molar-refractivity contribution in [2.45, 2.75) is 13.0 Å². The molecule has 0 unspecified atom stereocenters. The zero-order valence-corrected chi connectivity index (χ0v) is 16.6. The van der Waals surface area contributed by atoms with Crippen molar-refractivity contribution in [2.75, 3.05) is 14.2 Å². The van der Waals surface area contributed by atoms with Crippen molar-refractivity contribution in [2.24, 2.45) is 0 Å². The molecule has 3 aromatic carbocycles. The molecule has 0 bridgehead atoms. The summed E-state index contributed by atoms with van der Waals surface area (Å²) in [4.78, 5) is 12.8. The molecule has 146 valence electrons. The van der Waals surface area contributed by atoms with Gasteiger partial charge in [0.15, 0.2) is 0 Å². The van der Waals surface area contributed by atoms with Gasteiger partial charge in [0, 0.05) is 5.56 Å². The molecule has 0 radical (unpaired) electrons. The molecule has 0 aliphatic carbocycles. The number of nitrogens with zero attached hydrogens (tertiary/aromatic N) is 1. The zero-order chi connectivity index (χ0) is 20.8. The smallest absolute Gasteiger partial charge is 0.262 e. The van der Waals surface area contributed by atoms with Crippen LogP contribution in [0.25, 0.3) is 16.8 Å². The Morgan fingerprint density at radius 1 is 1.07 bits per heavy atom. The number of fused-ring (bicyclic) bond motifs is 1. The van der Waals surface area contributed by atoms with Crippen LogP contribution in [0.2, 0.25) is 0 Å². The van der Waals surface area contributed by atoms with Crippen LogP contribution in [-0.2, 0) is 4.79 Å². The Balaban J connectivity index is 2.01. The first kappa shape index (κ1) is 20.0. The average molecular weight is 386 g/mol. The van der Waals surface area contributed by atoms with E-state index in [1.807, 2.05) is 73.7 Å². The standard InChI is InChI=1S/C24H22N2O3/c1-16(17-7-5-4-6-8-17)26-24(27)19(15-25)13-22-21-14-20(28-2)11-9-18(21)10-12-23(22)29-3/h4-14,16H,1-3H3,(H,26,27)/b19-13-/t16-/m0/s1. The second kappa shape index (κ2) is 8.94. The summed E-state index contributed by atoms with van der Waals surface area (Å²) >= 11 is 0. The summed E-state index contributed by atoms with van der Waals surface area (Å²) in [7, 11) is 3.15. The molecule has 0 aromatic heterocycles. The first-order valence-electron chi connectivity index (χ1n) is 9.19. The van der Waals surface area contributed by atoms with Crippen LogP contribution in [0.5, 0.6) is 11.5 Å². The number of amides is 1. The lowest BCUT2D eigenvalue weighted by molar-refractivity contribution is -0.117. The van der Waals surface area contributed by atoms with E-state index in [9.17, 15) is 10.1 Å². The fraction of sp³-hybridized carbons (Fsp3) is 0.167. The number of ether oxygens (including phenoxy) is 2. The lowest BCUT2D eigenvalue weighted by atomic mass is 10.0. The van der Waals surface area contributed by atoms with Crippen LogP contribution in [0.1, 0.15) is 24.1 Å². The molecule has 0 fully saturated rings. The monoisotopic (exact) mass is 386 g/mol. The van der Waals surface area contributed by atoms with Crippen molar-refractivity contribution in [3.05, 3.63) is 77.4 Å². The minimum absolute atomic E-state index is 0.00130. The number of rotatable bonds is 6. The minimum Gasteiger partial charge on any atom is -0.497 e. The lowest BCUT2D eigenvalue weighted by Crippen LogP contribution is -2.27. The summed E-state index contributed by atoms with van der Waals surface area (Å²) < 4.78 is 10.8. The van der Waals surface area contributed by atoms with Gasteiger partial charge in [-0.1, -0.05) is 42.5 Å². The zero-order valence-electron chi connectivity index (χ0n) is 16.6. The summed E-state index contributed by atoms with van der Waals surface area (Å²) in [6, 6.07) is 20.8. The van der Waals surface area contributed by atoms with Gasteiger partial charge in [0.05, 0.1) is 20.3 Å². The van der Waals surface area contributed by atoms with Crippen LogP contribution in [0.3, 0.4) is 0 Å². The number of carbonyl (C=O) groups excluding carboxylic acids is 1. The van der Waals surface area contributed by atoms with E-state index in [4.69, 9.17) is 9.47 Å². The third kappa shape index (κ3) is 4.39. The highest BCUT2D eigenvalue weighted by Gasteiger charge is 2.16. The van der Waals surface area contributed by atoms with E-state index in [1.165, 1.54) is 0 Å². The summed E-state index contributed by atoms with van der Waals surface area (Å²) in [6.45, 7) is 1.88. The predicted octanol–water partition coefficient (Wildman–Crippen LogP) is 4.64. The third-order valence-electron chi connectivity index (χ3n) is 4.75. The Hall–Kier alpha value is -3.78. The quantitative estimate of drug-likeness (QED) is 0.495. The van der Waals surface area contributed by atoms with Gasteiger partial charge in [-0.25, -0.2) is 0 Å². The van der Waals surface area contributed by atoms with Crippen LogP contribution < -0.4 is 14.8 Å². The molecule has 0 aliphatic rings. The number of benzene rings is 3. The van der Waals surface area contributed by atoms with E-state index in [1.54, 1.807) is 20.3 Å². The van der Waals surface area contributed by atoms with Gasteiger partial charge < -0.3 is 14.8 Å². The molecule has 1 atom stereocenters. The van der Waals surface area contributed by atoms with Crippen LogP contribution in [-0.4, -0.2) is 20.1 Å². The van der Waals surface area contributed by atoms with Crippen molar-refractivity contribution >= 4 is 22.8 Å². The molecule has 5 nitrogen and oxygen atoms in total. The molecule has 1 N–H and O–H groups in total. The summed E-state index contributed by atoms with van der Waals surface area (Å²) in [5.41, 5.74) is 1.62. The largest absolute Gasteiger partial charge is 0.497 e. The van der Waals surface area contributed by atoms with Gasteiger partial charge in [0.2, 0.25) is 0 Å².